The summed E-state index contributed by atoms with van der Waals surface area (Å²) in [6, 6.07) is 8.65. The average Bonchev–Trinajstić information content (AvgIpc) is 3.37. The van der Waals surface area contributed by atoms with Crippen LogP contribution < -0.4 is 18.9 Å². The standard InChI is InChI=1S/C24H23NO9/c1-31-18-6-3-13(7-20(18)32-2)8-21-23(28)16-5-4-15(10-19(16)34-21)33-12-22(27)25-11-14(26)9-17(25)24(29)30/h3-8,10,14,17,26H,9,11-12H2,1-2H3,(H,29,30)/b21-8-/t14-,17+/m1/s1. The molecule has 2 aliphatic rings. The van der Waals surface area contributed by atoms with Gasteiger partial charge in [-0.2, -0.15) is 0 Å². The van der Waals surface area contributed by atoms with Crippen molar-refractivity contribution in [3.8, 4) is 23.0 Å². The molecule has 0 aliphatic carbocycles. The van der Waals surface area contributed by atoms with E-state index in [2.05, 4.69) is 0 Å². The molecule has 0 bridgehead atoms. The molecule has 10 nitrogen and oxygen atoms in total. The van der Waals surface area contributed by atoms with Gasteiger partial charge in [-0.15, -0.1) is 0 Å². The number of allylic oxidation sites excluding steroid dienone is 1. The van der Waals surface area contributed by atoms with Crippen LogP contribution in [0, 0.1) is 0 Å². The minimum atomic E-state index is -1.18. The van der Waals surface area contributed by atoms with Gasteiger partial charge in [0, 0.05) is 19.0 Å². The summed E-state index contributed by atoms with van der Waals surface area (Å²) in [5.74, 6) is -0.301. The molecule has 2 heterocycles. The van der Waals surface area contributed by atoms with Gasteiger partial charge in [0.1, 0.15) is 17.5 Å². The Kier molecular flexibility index (Phi) is 6.42. The number of aliphatic hydroxyl groups excluding tert-OH is 1. The van der Waals surface area contributed by atoms with E-state index in [9.17, 15) is 24.6 Å². The Bertz CT molecular complexity index is 1170. The van der Waals surface area contributed by atoms with E-state index in [4.69, 9.17) is 18.9 Å². The van der Waals surface area contributed by atoms with E-state index < -0.39 is 30.6 Å². The molecule has 0 radical (unpaired) electrons. The molecule has 1 amide bonds. The maximum absolute atomic E-state index is 12.7. The molecule has 34 heavy (non-hydrogen) atoms. The Morgan fingerprint density at radius 2 is 1.91 bits per heavy atom. The maximum Gasteiger partial charge on any atom is 0.326 e. The number of methoxy groups -OCH3 is 2. The number of β-amino-alcohol motifs (C(OH)–C–C–N with tert-alkyl or cyclic N) is 1. The second kappa shape index (κ2) is 9.44. The van der Waals surface area contributed by atoms with Crippen LogP contribution in [0.25, 0.3) is 6.08 Å². The second-order valence-electron chi connectivity index (χ2n) is 7.79. The first kappa shape index (κ1) is 23.1. The molecule has 178 valence electrons. The van der Waals surface area contributed by atoms with Crippen LogP contribution in [0.1, 0.15) is 22.3 Å². The normalized spacial score (nSPS) is 20.1. The number of nitrogens with zero attached hydrogens (tertiary/aromatic N) is 1. The van der Waals surface area contributed by atoms with Crippen molar-refractivity contribution in [2.45, 2.75) is 18.6 Å². The third kappa shape index (κ3) is 4.53. The topological polar surface area (TPSA) is 132 Å². The van der Waals surface area contributed by atoms with E-state index in [1.807, 2.05) is 0 Å². The summed E-state index contributed by atoms with van der Waals surface area (Å²) >= 11 is 0. The number of hydrogen-bond donors (Lipinski definition) is 2. The Morgan fingerprint density at radius 3 is 2.62 bits per heavy atom. The number of amides is 1. The van der Waals surface area contributed by atoms with Gasteiger partial charge in [-0.05, 0) is 35.9 Å². The number of benzene rings is 2. The summed E-state index contributed by atoms with van der Waals surface area (Å²) < 4.78 is 21.7. The molecule has 1 saturated heterocycles. The fraction of sp³-hybridized carbons (Fsp3) is 0.292. The van der Waals surface area contributed by atoms with Crippen molar-refractivity contribution < 1.29 is 43.5 Å². The van der Waals surface area contributed by atoms with Crippen LogP contribution in [-0.4, -0.2) is 72.3 Å². The van der Waals surface area contributed by atoms with Crippen molar-refractivity contribution in [3.63, 3.8) is 0 Å². The smallest absolute Gasteiger partial charge is 0.326 e. The van der Waals surface area contributed by atoms with Crippen molar-refractivity contribution in [2.75, 3.05) is 27.4 Å². The van der Waals surface area contributed by atoms with E-state index in [0.717, 1.165) is 4.90 Å². The fourth-order valence-electron chi connectivity index (χ4n) is 3.90. The van der Waals surface area contributed by atoms with Crippen LogP contribution in [0.5, 0.6) is 23.0 Å². The Morgan fingerprint density at radius 1 is 1.15 bits per heavy atom. The molecule has 10 heteroatoms. The van der Waals surface area contributed by atoms with Gasteiger partial charge in [0.25, 0.3) is 5.91 Å². The van der Waals surface area contributed by atoms with Gasteiger partial charge >= 0.3 is 5.97 Å². The molecule has 0 saturated carbocycles. The number of likely N-dealkylation sites (tertiary alicyclic amines) is 1. The van der Waals surface area contributed by atoms with Crippen LogP contribution in [-0.2, 0) is 9.59 Å². The molecule has 2 N–H and O–H groups in total. The molecule has 2 aliphatic heterocycles. The van der Waals surface area contributed by atoms with Crippen molar-refractivity contribution in [3.05, 3.63) is 53.3 Å². The van der Waals surface area contributed by atoms with Crippen LogP contribution in [0.3, 0.4) is 0 Å². The van der Waals surface area contributed by atoms with Gasteiger partial charge in [-0.3, -0.25) is 9.59 Å². The number of hydrogen-bond acceptors (Lipinski definition) is 8. The molecule has 0 spiro atoms. The van der Waals surface area contributed by atoms with E-state index in [0.29, 0.717) is 22.6 Å². The highest BCUT2D eigenvalue weighted by Crippen LogP contribution is 2.36. The fourth-order valence-corrected chi connectivity index (χ4v) is 3.90. The van der Waals surface area contributed by atoms with E-state index in [1.165, 1.54) is 32.4 Å². The third-order valence-electron chi connectivity index (χ3n) is 5.59. The predicted octanol–water partition coefficient (Wildman–Crippen LogP) is 1.75. The molecule has 4 rings (SSSR count). The average molecular weight is 469 g/mol. The molecule has 2 aromatic carbocycles. The molecule has 0 aromatic heterocycles. The quantitative estimate of drug-likeness (QED) is 0.582. The van der Waals surface area contributed by atoms with E-state index in [-0.39, 0.29) is 36.0 Å². The maximum atomic E-state index is 12.7. The zero-order valence-corrected chi connectivity index (χ0v) is 18.5. The Hall–Kier alpha value is -4.05. The number of ketones is 1. The van der Waals surface area contributed by atoms with E-state index in [1.54, 1.807) is 24.3 Å². The highest BCUT2D eigenvalue weighted by molar-refractivity contribution is 6.14. The van der Waals surface area contributed by atoms with Crippen LogP contribution in [0.4, 0.5) is 0 Å². The second-order valence-corrected chi connectivity index (χ2v) is 7.79. The van der Waals surface area contributed by atoms with Gasteiger partial charge in [-0.25, -0.2) is 4.79 Å². The summed E-state index contributed by atoms with van der Waals surface area (Å²) in [6.45, 7) is -0.483. The number of carboxylic acids is 1. The summed E-state index contributed by atoms with van der Waals surface area (Å²) in [7, 11) is 3.05. The van der Waals surface area contributed by atoms with Crippen LogP contribution in [0.2, 0.25) is 0 Å². The highest BCUT2D eigenvalue weighted by atomic mass is 16.5. The lowest BCUT2D eigenvalue weighted by atomic mass is 10.1. The lowest BCUT2D eigenvalue weighted by Crippen LogP contribution is -2.42. The lowest BCUT2D eigenvalue weighted by molar-refractivity contribution is -0.148. The number of rotatable bonds is 7. The third-order valence-corrected chi connectivity index (χ3v) is 5.59. The number of aliphatic carboxylic acids is 1. The predicted molar refractivity (Wildman–Crippen MR) is 118 cm³/mol. The van der Waals surface area contributed by atoms with Crippen LogP contribution >= 0.6 is 0 Å². The zero-order chi connectivity index (χ0) is 24.4. The number of fused-ring (bicyclic) bond motifs is 1. The molecule has 2 aromatic rings. The molecular weight excluding hydrogens is 446 g/mol. The first-order valence-electron chi connectivity index (χ1n) is 10.4. The van der Waals surface area contributed by atoms with Gasteiger partial charge in [0.05, 0.1) is 25.9 Å². The minimum Gasteiger partial charge on any atom is -0.493 e. The van der Waals surface area contributed by atoms with Crippen molar-refractivity contribution >= 4 is 23.7 Å². The lowest BCUT2D eigenvalue weighted by Gasteiger charge is -2.21. The number of Topliss-reactive ketones (excluding diaryl/α,β-unsaturated/α-hetero) is 1. The molecule has 1 fully saturated rings. The van der Waals surface area contributed by atoms with Crippen molar-refractivity contribution in [1.82, 2.24) is 4.90 Å². The Balaban J connectivity index is 1.45. The van der Waals surface area contributed by atoms with Gasteiger partial charge in [0.2, 0.25) is 5.78 Å². The number of carbonyl (C=O) groups is 3. The SMILES string of the molecule is COc1ccc(/C=C2\Oc3cc(OCC(=O)N4C[C@H](O)C[C@H]4C(=O)O)ccc3C2=O)cc1OC. The molecular formula is C24H23NO9. The number of aliphatic hydroxyl groups is 1. The summed E-state index contributed by atoms with van der Waals surface area (Å²) in [6.07, 6.45) is 0.671. The number of ether oxygens (including phenoxy) is 4. The highest BCUT2D eigenvalue weighted by Gasteiger charge is 2.39. The van der Waals surface area contributed by atoms with Crippen LogP contribution in [0.15, 0.2) is 42.2 Å². The minimum absolute atomic E-state index is 0.0228. The van der Waals surface area contributed by atoms with Gasteiger partial charge < -0.3 is 34.1 Å². The first-order valence-corrected chi connectivity index (χ1v) is 10.4. The van der Waals surface area contributed by atoms with Crippen molar-refractivity contribution in [1.29, 1.82) is 0 Å². The zero-order valence-electron chi connectivity index (χ0n) is 18.5. The first-order chi connectivity index (χ1) is 16.3. The Labute approximate surface area is 194 Å². The monoisotopic (exact) mass is 469 g/mol. The van der Waals surface area contributed by atoms with Gasteiger partial charge in [0.15, 0.2) is 23.9 Å². The van der Waals surface area contributed by atoms with E-state index >= 15 is 0 Å². The largest absolute Gasteiger partial charge is 0.493 e. The number of carboxylic acid groups (broad SMARTS) is 1. The molecule has 2 atom stereocenters. The summed E-state index contributed by atoms with van der Waals surface area (Å²) in [5.41, 5.74) is 1.02. The van der Waals surface area contributed by atoms with Crippen molar-refractivity contribution in [2.24, 2.45) is 0 Å². The van der Waals surface area contributed by atoms with Gasteiger partial charge in [-0.1, -0.05) is 6.07 Å². The molecule has 0 unspecified atom stereocenters. The number of carbonyl (C=O) groups excluding carboxylic acids is 2. The summed E-state index contributed by atoms with van der Waals surface area (Å²) in [4.78, 5) is 37.6. The summed E-state index contributed by atoms with van der Waals surface area (Å²) in [5, 5.41) is 18.9.